The van der Waals surface area contributed by atoms with Crippen molar-refractivity contribution in [2.24, 2.45) is 0 Å². The number of hydrogen-bond donors (Lipinski definition) is 1. The third kappa shape index (κ3) is 5.01. The van der Waals surface area contributed by atoms with E-state index in [2.05, 4.69) is 68.1 Å². The van der Waals surface area contributed by atoms with Gasteiger partial charge in [-0.05, 0) is 59.3 Å². The lowest BCUT2D eigenvalue weighted by Crippen LogP contribution is -2.36. The van der Waals surface area contributed by atoms with Gasteiger partial charge in [0.1, 0.15) is 0 Å². The van der Waals surface area contributed by atoms with Crippen LogP contribution >= 0.6 is 0 Å². The first-order valence-corrected chi connectivity index (χ1v) is 8.13. The van der Waals surface area contributed by atoms with Gasteiger partial charge in [-0.1, -0.05) is 17.7 Å². The molecular formula is C18H31N3. The van der Waals surface area contributed by atoms with Crippen LogP contribution in [0.3, 0.4) is 0 Å². The zero-order chi connectivity index (χ0) is 15.5. The summed E-state index contributed by atoms with van der Waals surface area (Å²) in [5.41, 5.74) is 4.33. The van der Waals surface area contributed by atoms with Crippen LogP contribution < -0.4 is 10.2 Å². The van der Waals surface area contributed by atoms with E-state index < -0.39 is 0 Å². The molecule has 0 spiro atoms. The number of nitrogens with one attached hydrogen (secondary N) is 1. The second kappa shape index (κ2) is 6.80. The first-order chi connectivity index (χ1) is 9.85. The van der Waals surface area contributed by atoms with Crippen LogP contribution in [0.25, 0.3) is 0 Å². The Hall–Kier alpha value is -1.06. The molecule has 0 atom stereocenters. The highest BCUT2D eigenvalue weighted by Gasteiger charge is 2.17. The lowest BCUT2D eigenvalue weighted by Gasteiger charge is -2.28. The van der Waals surface area contributed by atoms with Crippen LogP contribution in [0.4, 0.5) is 5.69 Å². The normalized spacial score (nSPS) is 17.9. The molecule has 1 saturated heterocycles. The highest BCUT2D eigenvalue weighted by molar-refractivity contribution is 5.55. The molecule has 0 aliphatic carbocycles. The summed E-state index contributed by atoms with van der Waals surface area (Å²) in [6, 6.07) is 6.88. The van der Waals surface area contributed by atoms with E-state index >= 15 is 0 Å². The highest BCUT2D eigenvalue weighted by atomic mass is 15.2. The van der Waals surface area contributed by atoms with Gasteiger partial charge in [0.05, 0.1) is 0 Å². The Labute approximate surface area is 130 Å². The first kappa shape index (κ1) is 16.3. The number of hydrogen-bond acceptors (Lipinski definition) is 3. The first-order valence-electron chi connectivity index (χ1n) is 8.13. The molecule has 0 saturated carbocycles. The topological polar surface area (TPSA) is 18.5 Å². The average Bonchev–Trinajstić information content (AvgIpc) is 2.61. The number of aryl methyl sites for hydroxylation is 1. The summed E-state index contributed by atoms with van der Waals surface area (Å²) in [5, 5.41) is 3.63. The van der Waals surface area contributed by atoms with Gasteiger partial charge in [0.25, 0.3) is 0 Å². The zero-order valence-electron chi connectivity index (χ0n) is 14.4. The molecule has 0 aromatic heterocycles. The Balaban J connectivity index is 2.17. The molecule has 1 N–H and O–H groups in total. The molecule has 1 heterocycles. The summed E-state index contributed by atoms with van der Waals surface area (Å²) in [4.78, 5) is 4.99. The summed E-state index contributed by atoms with van der Waals surface area (Å²) in [7, 11) is 2.22. The number of anilines is 1. The standard InChI is InChI=1S/C18H31N3/c1-15-7-8-17(16(13-15)14-19-18(2,3)4)21-10-6-9-20(5)11-12-21/h7-8,13,19H,6,9-12,14H2,1-5H3. The Bertz CT molecular complexity index is 462. The molecule has 1 aromatic rings. The molecule has 1 fully saturated rings. The van der Waals surface area contributed by atoms with E-state index in [4.69, 9.17) is 0 Å². The van der Waals surface area contributed by atoms with E-state index in [1.165, 1.54) is 29.8 Å². The molecule has 0 radical (unpaired) electrons. The maximum atomic E-state index is 3.63. The Kier molecular flexibility index (Phi) is 5.28. The van der Waals surface area contributed by atoms with Crippen LogP contribution in [0.2, 0.25) is 0 Å². The number of likely N-dealkylation sites (N-methyl/N-ethyl adjacent to an activating group) is 1. The van der Waals surface area contributed by atoms with Gasteiger partial charge in [-0.2, -0.15) is 0 Å². The second-order valence-electron chi connectivity index (χ2n) is 7.38. The summed E-state index contributed by atoms with van der Waals surface area (Å²) in [6.07, 6.45) is 1.25. The maximum absolute atomic E-state index is 3.63. The van der Waals surface area contributed by atoms with E-state index in [9.17, 15) is 0 Å². The molecule has 0 bridgehead atoms. The van der Waals surface area contributed by atoms with Crippen molar-refractivity contribution in [3.8, 4) is 0 Å². The molecule has 0 unspecified atom stereocenters. The third-order valence-corrected chi connectivity index (χ3v) is 4.10. The van der Waals surface area contributed by atoms with Crippen LogP contribution in [0, 0.1) is 6.92 Å². The maximum Gasteiger partial charge on any atom is 0.0412 e. The van der Waals surface area contributed by atoms with Crippen LogP contribution in [0.15, 0.2) is 18.2 Å². The van der Waals surface area contributed by atoms with Crippen molar-refractivity contribution in [1.82, 2.24) is 10.2 Å². The van der Waals surface area contributed by atoms with Gasteiger partial charge in [-0.3, -0.25) is 0 Å². The van der Waals surface area contributed by atoms with Gasteiger partial charge in [0.15, 0.2) is 0 Å². The minimum atomic E-state index is 0.153. The molecular weight excluding hydrogens is 258 g/mol. The molecule has 21 heavy (non-hydrogen) atoms. The molecule has 1 aliphatic heterocycles. The van der Waals surface area contributed by atoms with Gasteiger partial charge in [-0.15, -0.1) is 0 Å². The van der Waals surface area contributed by atoms with Crippen LogP contribution in [0.1, 0.15) is 38.3 Å². The lowest BCUT2D eigenvalue weighted by atomic mass is 10.0. The molecule has 118 valence electrons. The monoisotopic (exact) mass is 289 g/mol. The molecule has 2 rings (SSSR count). The van der Waals surface area contributed by atoms with Crippen molar-refractivity contribution >= 4 is 5.69 Å². The summed E-state index contributed by atoms with van der Waals surface area (Å²) < 4.78 is 0. The smallest absolute Gasteiger partial charge is 0.0412 e. The molecule has 0 amide bonds. The van der Waals surface area contributed by atoms with Crippen molar-refractivity contribution in [2.75, 3.05) is 38.1 Å². The SMILES string of the molecule is Cc1ccc(N2CCCN(C)CC2)c(CNC(C)(C)C)c1. The van der Waals surface area contributed by atoms with Crippen LogP contribution in [-0.2, 0) is 6.54 Å². The Morgan fingerprint density at radius 1 is 1.10 bits per heavy atom. The van der Waals surface area contributed by atoms with Gasteiger partial charge >= 0.3 is 0 Å². The fraction of sp³-hybridized carbons (Fsp3) is 0.667. The van der Waals surface area contributed by atoms with Crippen molar-refractivity contribution in [3.63, 3.8) is 0 Å². The fourth-order valence-electron chi connectivity index (χ4n) is 2.81. The van der Waals surface area contributed by atoms with Gasteiger partial charge in [-0.25, -0.2) is 0 Å². The number of rotatable bonds is 3. The van der Waals surface area contributed by atoms with Gasteiger partial charge in [0, 0.05) is 37.4 Å². The van der Waals surface area contributed by atoms with E-state index in [1.54, 1.807) is 0 Å². The van der Waals surface area contributed by atoms with Crippen LogP contribution in [0.5, 0.6) is 0 Å². The molecule has 1 aliphatic rings. The Morgan fingerprint density at radius 3 is 2.57 bits per heavy atom. The average molecular weight is 289 g/mol. The predicted octanol–water partition coefficient (Wildman–Crippen LogP) is 3.03. The van der Waals surface area contributed by atoms with Gasteiger partial charge < -0.3 is 15.1 Å². The highest BCUT2D eigenvalue weighted by Crippen LogP contribution is 2.24. The fourth-order valence-corrected chi connectivity index (χ4v) is 2.81. The van der Waals surface area contributed by atoms with Crippen molar-refractivity contribution in [1.29, 1.82) is 0 Å². The summed E-state index contributed by atoms with van der Waals surface area (Å²) in [5.74, 6) is 0. The van der Waals surface area contributed by atoms with Crippen molar-refractivity contribution in [3.05, 3.63) is 29.3 Å². The minimum absolute atomic E-state index is 0.153. The van der Waals surface area contributed by atoms with Crippen molar-refractivity contribution in [2.45, 2.75) is 46.2 Å². The lowest BCUT2D eigenvalue weighted by molar-refractivity contribution is 0.360. The second-order valence-corrected chi connectivity index (χ2v) is 7.38. The summed E-state index contributed by atoms with van der Waals surface area (Å²) >= 11 is 0. The number of benzene rings is 1. The predicted molar refractivity (Wildman–Crippen MR) is 92.1 cm³/mol. The third-order valence-electron chi connectivity index (χ3n) is 4.10. The summed E-state index contributed by atoms with van der Waals surface area (Å²) in [6.45, 7) is 14.4. The van der Waals surface area contributed by atoms with Crippen LogP contribution in [-0.4, -0.2) is 43.7 Å². The van der Waals surface area contributed by atoms with E-state index in [-0.39, 0.29) is 5.54 Å². The van der Waals surface area contributed by atoms with E-state index in [0.29, 0.717) is 0 Å². The van der Waals surface area contributed by atoms with Gasteiger partial charge in [0.2, 0.25) is 0 Å². The molecule has 1 aromatic carbocycles. The molecule has 3 nitrogen and oxygen atoms in total. The largest absolute Gasteiger partial charge is 0.370 e. The number of nitrogens with zero attached hydrogens (tertiary/aromatic N) is 2. The molecule has 3 heteroatoms. The Morgan fingerprint density at radius 2 is 1.86 bits per heavy atom. The minimum Gasteiger partial charge on any atom is -0.370 e. The van der Waals surface area contributed by atoms with Crippen molar-refractivity contribution < 1.29 is 0 Å². The van der Waals surface area contributed by atoms with E-state index in [1.807, 2.05) is 0 Å². The quantitative estimate of drug-likeness (QED) is 0.923. The zero-order valence-corrected chi connectivity index (χ0v) is 14.4. The van der Waals surface area contributed by atoms with E-state index in [0.717, 1.165) is 26.2 Å².